The van der Waals surface area contributed by atoms with Crippen LogP contribution < -0.4 is 10.2 Å². The van der Waals surface area contributed by atoms with Crippen molar-refractivity contribution in [2.75, 3.05) is 40.9 Å². The van der Waals surface area contributed by atoms with Gasteiger partial charge in [0.15, 0.2) is 0 Å². The average Bonchev–Trinajstić information content (AvgIpc) is 3.34. The van der Waals surface area contributed by atoms with Gasteiger partial charge in [0, 0.05) is 18.8 Å². The number of rotatable bonds is 30. The lowest BCUT2D eigenvalue weighted by atomic mass is 9.89. The molecule has 0 spiro atoms. The third kappa shape index (κ3) is 23.9. The van der Waals surface area contributed by atoms with E-state index in [4.69, 9.17) is 9.05 Å². The van der Waals surface area contributed by atoms with Gasteiger partial charge in [0.1, 0.15) is 13.2 Å². The molecule has 52 heavy (non-hydrogen) atoms. The van der Waals surface area contributed by atoms with E-state index in [-0.39, 0.29) is 31.3 Å². The predicted octanol–water partition coefficient (Wildman–Crippen LogP) is 5.87. The van der Waals surface area contributed by atoms with E-state index in [9.17, 15) is 34.7 Å². The number of phosphoric ester groups is 1. The Morgan fingerprint density at radius 1 is 0.865 bits per heavy atom. The summed E-state index contributed by atoms with van der Waals surface area (Å²) in [4.78, 5) is 25.4. The molecule has 1 aliphatic rings. The topological polar surface area (TPSA) is 169 Å². The first kappa shape index (κ1) is 48.4. The van der Waals surface area contributed by atoms with E-state index < -0.39 is 50.8 Å². The quantitative estimate of drug-likeness (QED) is 0.0260. The molecule has 1 fully saturated rings. The van der Waals surface area contributed by atoms with Gasteiger partial charge in [-0.2, -0.15) is 0 Å². The monoisotopic (exact) mass is 757 g/mol. The Hall–Kier alpha value is -1.66. The smallest absolute Gasteiger partial charge is 0.268 e. The maximum atomic E-state index is 12.9. The van der Waals surface area contributed by atoms with Gasteiger partial charge in [-0.15, -0.1) is 0 Å². The number of carbonyl (C=O) groups excluding carboxylic acids is 1. The number of allylic oxidation sites excluding steroid dienone is 4. The van der Waals surface area contributed by atoms with Crippen LogP contribution in [0.3, 0.4) is 0 Å². The largest absolute Gasteiger partial charge is 0.756 e. The highest BCUT2D eigenvalue weighted by Crippen LogP contribution is 2.38. The molecule has 0 bridgehead atoms. The summed E-state index contributed by atoms with van der Waals surface area (Å²) in [5.41, 5.74) is 0. The SMILES string of the molecule is CCCCCCCC/C=C\CC/C=C/[C@@H](O)[C@H](COP(=O)([O-])OCC[N+](C)(C)C)NC(=O)C/C=C\C[C@H]1[C@@H](/C=C/[C@H](O)CCCCC)[C@H](O)C[C@@H]1O. The lowest BCUT2D eigenvalue weighted by molar-refractivity contribution is -0.870. The minimum atomic E-state index is -4.68. The van der Waals surface area contributed by atoms with Crippen LogP contribution in [0.1, 0.15) is 117 Å². The number of aliphatic hydroxyl groups is 4. The lowest BCUT2D eigenvalue weighted by Gasteiger charge is -2.29. The van der Waals surface area contributed by atoms with Crippen molar-refractivity contribution in [2.45, 2.75) is 147 Å². The Morgan fingerprint density at radius 3 is 2.23 bits per heavy atom. The summed E-state index contributed by atoms with van der Waals surface area (Å²) < 4.78 is 23.0. The molecule has 0 saturated heterocycles. The standard InChI is InChI=1S/C40H73N2O9P/c1-6-8-10-11-12-13-14-15-16-17-18-20-25-37(44)36(32-51-52(48,49)50-30-29-42(3,4)5)41-40(47)26-22-21-24-34-35(39(46)31-38(34)45)28-27-33(43)23-19-9-7-2/h15-16,20-22,25,27-28,33-39,43-46H,6-14,17-19,23-24,26,29-32H2,1-5H3,(H-,41,47,48,49)/b16-15-,22-21-,25-20+,28-27+/t33-,34+,35-,36+,37-,38+,39-/m1/s1. The fraction of sp³-hybridized carbons (Fsp3) is 0.775. The molecule has 1 rings (SSSR count). The number of likely N-dealkylation sites (N-methyl/N-ethyl adjacent to an activating group) is 1. The summed E-state index contributed by atoms with van der Waals surface area (Å²) in [6, 6.07) is -1.05. The van der Waals surface area contributed by atoms with Gasteiger partial charge in [-0.25, -0.2) is 0 Å². The minimum Gasteiger partial charge on any atom is -0.756 e. The molecule has 11 nitrogen and oxygen atoms in total. The molecule has 0 aromatic carbocycles. The molecule has 0 aromatic rings. The number of aliphatic hydroxyl groups excluding tert-OH is 4. The van der Waals surface area contributed by atoms with Crippen LogP contribution in [0.2, 0.25) is 0 Å². The Bertz CT molecular complexity index is 1110. The molecular weight excluding hydrogens is 683 g/mol. The number of carbonyl (C=O) groups is 1. The van der Waals surface area contributed by atoms with E-state index in [1.165, 1.54) is 38.5 Å². The van der Waals surface area contributed by atoms with Crippen LogP contribution >= 0.6 is 7.82 Å². The van der Waals surface area contributed by atoms with Gasteiger partial charge < -0.3 is 44.2 Å². The minimum absolute atomic E-state index is 0.0482. The first-order chi connectivity index (χ1) is 24.7. The van der Waals surface area contributed by atoms with Crippen LogP contribution in [0.25, 0.3) is 0 Å². The summed E-state index contributed by atoms with van der Waals surface area (Å²) in [6.07, 6.45) is 25.7. The van der Waals surface area contributed by atoms with Gasteiger partial charge in [-0.05, 0) is 44.4 Å². The van der Waals surface area contributed by atoms with Crippen molar-refractivity contribution in [3.8, 4) is 0 Å². The molecule has 0 radical (unpaired) electrons. The van der Waals surface area contributed by atoms with Gasteiger partial charge in [-0.1, -0.05) is 114 Å². The molecule has 5 N–H and O–H groups in total. The molecule has 1 amide bonds. The van der Waals surface area contributed by atoms with Crippen LogP contribution in [-0.4, -0.2) is 102 Å². The number of phosphoric acid groups is 1. The number of nitrogens with one attached hydrogen (secondary N) is 1. The predicted molar refractivity (Wildman–Crippen MR) is 207 cm³/mol. The van der Waals surface area contributed by atoms with Crippen molar-refractivity contribution in [2.24, 2.45) is 11.8 Å². The van der Waals surface area contributed by atoms with Crippen LogP contribution in [0.5, 0.6) is 0 Å². The number of unbranched alkanes of at least 4 members (excludes halogenated alkanes) is 9. The lowest BCUT2D eigenvalue weighted by Crippen LogP contribution is -2.45. The summed E-state index contributed by atoms with van der Waals surface area (Å²) in [7, 11) is 1.04. The maximum absolute atomic E-state index is 12.9. The Labute approximate surface area is 315 Å². The zero-order valence-corrected chi connectivity index (χ0v) is 33.7. The summed E-state index contributed by atoms with van der Waals surface area (Å²) in [5, 5.41) is 45.0. The summed E-state index contributed by atoms with van der Waals surface area (Å²) in [6.45, 7) is 4.19. The van der Waals surface area contributed by atoms with Crippen LogP contribution in [0.15, 0.2) is 48.6 Å². The van der Waals surface area contributed by atoms with E-state index in [2.05, 4.69) is 31.3 Å². The Balaban J connectivity index is 2.75. The zero-order valence-electron chi connectivity index (χ0n) is 32.8. The zero-order chi connectivity index (χ0) is 38.8. The molecule has 1 aliphatic carbocycles. The van der Waals surface area contributed by atoms with Gasteiger partial charge in [0.2, 0.25) is 5.91 Å². The van der Waals surface area contributed by atoms with Crippen LogP contribution in [-0.2, 0) is 18.4 Å². The Morgan fingerprint density at radius 2 is 1.52 bits per heavy atom. The molecule has 8 atom stereocenters. The number of amides is 1. The summed E-state index contributed by atoms with van der Waals surface area (Å²) >= 11 is 0. The van der Waals surface area contributed by atoms with Gasteiger partial charge in [-0.3, -0.25) is 9.36 Å². The van der Waals surface area contributed by atoms with E-state index in [0.29, 0.717) is 30.3 Å². The second kappa shape index (κ2) is 27.9. The van der Waals surface area contributed by atoms with Crippen molar-refractivity contribution in [3.05, 3.63) is 48.6 Å². The normalized spacial score (nSPS) is 22.9. The molecular formula is C40H73N2O9P. The summed E-state index contributed by atoms with van der Waals surface area (Å²) in [5.74, 6) is -1.03. The highest BCUT2D eigenvalue weighted by molar-refractivity contribution is 7.45. The van der Waals surface area contributed by atoms with Crippen molar-refractivity contribution in [1.29, 1.82) is 0 Å². The second-order valence-electron chi connectivity index (χ2n) is 15.3. The molecule has 0 heterocycles. The van der Waals surface area contributed by atoms with Crippen molar-refractivity contribution >= 4 is 13.7 Å². The molecule has 1 saturated carbocycles. The third-order valence-electron chi connectivity index (χ3n) is 9.36. The second-order valence-corrected chi connectivity index (χ2v) is 16.7. The third-order valence-corrected chi connectivity index (χ3v) is 10.3. The van der Waals surface area contributed by atoms with E-state index in [0.717, 1.165) is 32.1 Å². The number of quaternary nitrogens is 1. The molecule has 0 aromatic heterocycles. The highest BCUT2D eigenvalue weighted by atomic mass is 31.2. The van der Waals surface area contributed by atoms with Crippen LogP contribution in [0, 0.1) is 11.8 Å². The molecule has 0 aliphatic heterocycles. The average molecular weight is 757 g/mol. The first-order valence-corrected chi connectivity index (χ1v) is 21.2. The van der Waals surface area contributed by atoms with Crippen LogP contribution in [0.4, 0.5) is 0 Å². The molecule has 1 unspecified atom stereocenters. The number of hydrogen-bond acceptors (Lipinski definition) is 9. The first-order valence-electron chi connectivity index (χ1n) is 19.8. The van der Waals surface area contributed by atoms with E-state index in [1.54, 1.807) is 30.4 Å². The maximum Gasteiger partial charge on any atom is 0.268 e. The van der Waals surface area contributed by atoms with Crippen molar-refractivity contribution < 1.29 is 48.2 Å². The Kier molecular flexibility index (Phi) is 25.9. The molecule has 12 heteroatoms. The number of nitrogens with zero attached hydrogens (tertiary/aromatic N) is 1. The van der Waals surface area contributed by atoms with E-state index in [1.807, 2.05) is 27.2 Å². The van der Waals surface area contributed by atoms with Crippen molar-refractivity contribution in [3.63, 3.8) is 0 Å². The highest BCUT2D eigenvalue weighted by Gasteiger charge is 2.39. The fourth-order valence-corrected chi connectivity index (χ4v) is 6.80. The number of hydrogen-bond donors (Lipinski definition) is 5. The van der Waals surface area contributed by atoms with Gasteiger partial charge >= 0.3 is 0 Å². The van der Waals surface area contributed by atoms with Gasteiger partial charge in [0.25, 0.3) is 7.82 Å². The van der Waals surface area contributed by atoms with Crippen molar-refractivity contribution in [1.82, 2.24) is 5.32 Å². The fourth-order valence-electron chi connectivity index (χ4n) is 6.07. The van der Waals surface area contributed by atoms with Gasteiger partial charge in [0.05, 0.1) is 58.2 Å². The van der Waals surface area contributed by atoms with E-state index >= 15 is 0 Å². The molecule has 302 valence electrons.